The van der Waals surface area contributed by atoms with Gasteiger partial charge >= 0.3 is 0 Å². The fraction of sp³-hybridized carbons (Fsp3) is 0.533. The van der Waals surface area contributed by atoms with Gasteiger partial charge in [-0.25, -0.2) is 13.4 Å². The molecule has 1 N–H and O–H groups in total. The molecule has 1 saturated heterocycles. The molecule has 0 aromatic heterocycles. The fourth-order valence-corrected chi connectivity index (χ4v) is 4.38. The Bertz CT molecular complexity index is 643. The van der Waals surface area contributed by atoms with Crippen LogP contribution in [-0.2, 0) is 10.0 Å². The zero-order valence-electron chi connectivity index (χ0n) is 13.2. The molecule has 1 aromatic carbocycles. The summed E-state index contributed by atoms with van der Waals surface area (Å²) < 4.78 is 27.1. The SMILES string of the molecule is C[C@H]1CCCCN1S(=O)(=O)c1cccc(C(=O)NN(C)C)c1. The first-order chi connectivity index (χ1) is 10.3. The van der Waals surface area contributed by atoms with Crippen LogP contribution in [0, 0.1) is 0 Å². The first kappa shape index (κ1) is 16.9. The second-order valence-corrected chi connectivity index (χ2v) is 7.71. The lowest BCUT2D eigenvalue weighted by molar-refractivity contribution is 0.0856. The van der Waals surface area contributed by atoms with E-state index in [1.165, 1.54) is 11.1 Å². The minimum Gasteiger partial charge on any atom is -0.285 e. The third-order valence-electron chi connectivity index (χ3n) is 3.77. The van der Waals surface area contributed by atoms with Gasteiger partial charge in [0, 0.05) is 32.2 Å². The van der Waals surface area contributed by atoms with Crippen LogP contribution in [0.25, 0.3) is 0 Å². The van der Waals surface area contributed by atoms with E-state index in [4.69, 9.17) is 0 Å². The zero-order valence-corrected chi connectivity index (χ0v) is 14.1. The molecule has 0 radical (unpaired) electrons. The lowest BCUT2D eigenvalue weighted by atomic mass is 10.1. The van der Waals surface area contributed by atoms with E-state index in [9.17, 15) is 13.2 Å². The molecule has 1 aliphatic heterocycles. The summed E-state index contributed by atoms with van der Waals surface area (Å²) in [5.41, 5.74) is 2.94. The van der Waals surface area contributed by atoms with Gasteiger partial charge in [-0.2, -0.15) is 4.31 Å². The van der Waals surface area contributed by atoms with E-state index in [1.807, 2.05) is 6.92 Å². The Kier molecular flexibility index (Phi) is 5.20. The molecule has 122 valence electrons. The van der Waals surface area contributed by atoms with Crippen molar-refractivity contribution in [2.75, 3.05) is 20.6 Å². The van der Waals surface area contributed by atoms with Crippen LogP contribution in [0.2, 0.25) is 0 Å². The van der Waals surface area contributed by atoms with E-state index in [0.29, 0.717) is 12.1 Å². The van der Waals surface area contributed by atoms with Gasteiger partial charge in [-0.3, -0.25) is 10.2 Å². The monoisotopic (exact) mass is 325 g/mol. The number of nitrogens with one attached hydrogen (secondary N) is 1. The molecule has 0 spiro atoms. The van der Waals surface area contributed by atoms with E-state index < -0.39 is 10.0 Å². The predicted octanol–water partition coefficient (Wildman–Crippen LogP) is 1.46. The summed E-state index contributed by atoms with van der Waals surface area (Å²) in [6.45, 7) is 2.47. The highest BCUT2D eigenvalue weighted by molar-refractivity contribution is 7.89. The van der Waals surface area contributed by atoms with Gasteiger partial charge in [-0.1, -0.05) is 12.5 Å². The summed E-state index contributed by atoms with van der Waals surface area (Å²) in [5, 5.41) is 1.52. The predicted molar refractivity (Wildman–Crippen MR) is 84.8 cm³/mol. The Balaban J connectivity index is 2.30. The zero-order chi connectivity index (χ0) is 16.3. The molecule has 0 unspecified atom stereocenters. The van der Waals surface area contributed by atoms with Crippen LogP contribution in [-0.4, -0.2) is 50.3 Å². The highest BCUT2D eigenvalue weighted by Crippen LogP contribution is 2.25. The van der Waals surface area contributed by atoms with Gasteiger partial charge in [0.05, 0.1) is 4.90 Å². The van der Waals surface area contributed by atoms with Crippen LogP contribution in [0.4, 0.5) is 0 Å². The van der Waals surface area contributed by atoms with Crippen molar-refractivity contribution >= 4 is 15.9 Å². The number of hydrazine groups is 1. The van der Waals surface area contributed by atoms with Crippen LogP contribution in [0.3, 0.4) is 0 Å². The third-order valence-corrected chi connectivity index (χ3v) is 5.78. The van der Waals surface area contributed by atoms with E-state index in [2.05, 4.69) is 5.43 Å². The summed E-state index contributed by atoms with van der Waals surface area (Å²) in [4.78, 5) is 12.2. The number of carbonyl (C=O) groups excluding carboxylic acids is 1. The molecule has 1 amide bonds. The van der Waals surface area contributed by atoms with Crippen LogP contribution in [0.15, 0.2) is 29.2 Å². The Hall–Kier alpha value is -1.44. The van der Waals surface area contributed by atoms with Crippen molar-refractivity contribution in [3.63, 3.8) is 0 Å². The molecule has 0 saturated carbocycles. The molecule has 0 aliphatic carbocycles. The van der Waals surface area contributed by atoms with Crippen molar-refractivity contribution in [2.24, 2.45) is 0 Å². The maximum atomic E-state index is 12.8. The van der Waals surface area contributed by atoms with Gasteiger partial charge in [-0.05, 0) is 38.0 Å². The molecule has 0 bridgehead atoms. The van der Waals surface area contributed by atoms with Crippen molar-refractivity contribution in [1.29, 1.82) is 0 Å². The average molecular weight is 325 g/mol. The molecular weight excluding hydrogens is 302 g/mol. The third kappa shape index (κ3) is 3.66. The molecule has 22 heavy (non-hydrogen) atoms. The maximum Gasteiger partial charge on any atom is 0.265 e. The second kappa shape index (κ2) is 6.76. The smallest absolute Gasteiger partial charge is 0.265 e. The van der Waals surface area contributed by atoms with Crippen molar-refractivity contribution in [3.8, 4) is 0 Å². The van der Waals surface area contributed by atoms with Crippen molar-refractivity contribution in [2.45, 2.75) is 37.1 Å². The summed E-state index contributed by atoms with van der Waals surface area (Å²) in [5.74, 6) is -0.325. The lowest BCUT2D eigenvalue weighted by Crippen LogP contribution is -2.42. The number of rotatable bonds is 4. The standard InChI is InChI=1S/C15H23N3O3S/c1-12-7-4-5-10-18(12)22(20,21)14-9-6-8-13(11-14)15(19)16-17(2)3/h6,8-9,11-12H,4-5,7,10H2,1-3H3,(H,16,19)/t12-/m0/s1. The Labute approximate surface area is 132 Å². The van der Waals surface area contributed by atoms with E-state index in [-0.39, 0.29) is 16.8 Å². The fourth-order valence-electron chi connectivity index (χ4n) is 2.63. The van der Waals surface area contributed by atoms with Crippen LogP contribution in [0.1, 0.15) is 36.5 Å². The van der Waals surface area contributed by atoms with E-state index >= 15 is 0 Å². The summed E-state index contributed by atoms with van der Waals surface area (Å²) in [6, 6.07) is 6.19. The molecule has 1 fully saturated rings. The molecule has 1 atom stereocenters. The van der Waals surface area contributed by atoms with Crippen molar-refractivity contribution in [3.05, 3.63) is 29.8 Å². The van der Waals surface area contributed by atoms with Gasteiger partial charge in [0.25, 0.3) is 5.91 Å². The Morgan fingerprint density at radius 3 is 2.68 bits per heavy atom. The first-order valence-electron chi connectivity index (χ1n) is 7.42. The van der Waals surface area contributed by atoms with Crippen LogP contribution >= 0.6 is 0 Å². The van der Waals surface area contributed by atoms with Crippen molar-refractivity contribution in [1.82, 2.24) is 14.7 Å². The number of sulfonamides is 1. The van der Waals surface area contributed by atoms with Crippen LogP contribution < -0.4 is 5.43 Å². The van der Waals surface area contributed by atoms with Gasteiger partial charge in [0.2, 0.25) is 10.0 Å². The van der Waals surface area contributed by atoms with E-state index in [1.54, 1.807) is 36.6 Å². The van der Waals surface area contributed by atoms with Crippen LogP contribution in [0.5, 0.6) is 0 Å². The number of amides is 1. The average Bonchev–Trinajstić information content (AvgIpc) is 2.47. The number of benzene rings is 1. The second-order valence-electron chi connectivity index (χ2n) is 5.82. The Morgan fingerprint density at radius 2 is 2.05 bits per heavy atom. The topological polar surface area (TPSA) is 69.7 Å². The molecule has 6 nitrogen and oxygen atoms in total. The van der Waals surface area contributed by atoms with Gasteiger partial charge in [-0.15, -0.1) is 0 Å². The number of piperidine rings is 1. The van der Waals surface area contributed by atoms with Gasteiger partial charge < -0.3 is 0 Å². The highest BCUT2D eigenvalue weighted by Gasteiger charge is 2.31. The molecule has 1 aliphatic rings. The number of hydrogen-bond donors (Lipinski definition) is 1. The summed E-state index contributed by atoms with van der Waals surface area (Å²) in [6.07, 6.45) is 2.81. The largest absolute Gasteiger partial charge is 0.285 e. The quantitative estimate of drug-likeness (QED) is 0.851. The van der Waals surface area contributed by atoms with Crippen molar-refractivity contribution < 1.29 is 13.2 Å². The normalized spacial score (nSPS) is 20.1. The Morgan fingerprint density at radius 1 is 1.32 bits per heavy atom. The van der Waals surface area contributed by atoms with Gasteiger partial charge in [0.1, 0.15) is 0 Å². The summed E-state index contributed by atoms with van der Waals surface area (Å²) >= 11 is 0. The molecular formula is C15H23N3O3S. The molecule has 1 aromatic rings. The highest BCUT2D eigenvalue weighted by atomic mass is 32.2. The lowest BCUT2D eigenvalue weighted by Gasteiger charge is -2.32. The molecule has 1 heterocycles. The minimum atomic E-state index is -3.56. The maximum absolute atomic E-state index is 12.8. The van der Waals surface area contributed by atoms with E-state index in [0.717, 1.165) is 19.3 Å². The number of hydrogen-bond acceptors (Lipinski definition) is 4. The molecule has 7 heteroatoms. The summed E-state index contributed by atoms with van der Waals surface area (Å²) in [7, 11) is -0.151. The number of nitrogens with zero attached hydrogens (tertiary/aromatic N) is 2. The minimum absolute atomic E-state index is 0.00184. The van der Waals surface area contributed by atoms with Gasteiger partial charge in [0.15, 0.2) is 0 Å². The number of carbonyl (C=O) groups is 1. The first-order valence-corrected chi connectivity index (χ1v) is 8.86. The molecule has 2 rings (SSSR count).